The maximum atomic E-state index is 14.1. The summed E-state index contributed by atoms with van der Waals surface area (Å²) in [5.74, 6) is 1.30. The van der Waals surface area contributed by atoms with Gasteiger partial charge in [-0.25, -0.2) is 4.39 Å². The molecule has 0 radical (unpaired) electrons. The van der Waals surface area contributed by atoms with Crippen LogP contribution in [0.5, 0.6) is 0 Å². The van der Waals surface area contributed by atoms with Crippen LogP contribution in [0.1, 0.15) is 37.7 Å². The van der Waals surface area contributed by atoms with Gasteiger partial charge in [-0.1, -0.05) is 18.2 Å². The molecule has 1 aromatic rings. The Hall–Kier alpha value is -0.930. The highest BCUT2D eigenvalue weighted by Gasteiger charge is 2.45. The molecule has 2 N–H and O–H groups in total. The van der Waals surface area contributed by atoms with E-state index in [1.165, 1.54) is 0 Å². The number of benzene rings is 1. The van der Waals surface area contributed by atoms with Crippen LogP contribution in [0.2, 0.25) is 0 Å². The maximum absolute atomic E-state index is 14.1. The highest BCUT2D eigenvalue weighted by Crippen LogP contribution is 2.48. The number of halogens is 2. The van der Waals surface area contributed by atoms with Crippen LogP contribution in [-0.2, 0) is 14.9 Å². The molecule has 5 nitrogen and oxygen atoms in total. The Balaban J connectivity index is 0.00000280. The smallest absolute Gasteiger partial charge is 0.191 e. The number of hydrogen-bond acceptors (Lipinski definition) is 3. The van der Waals surface area contributed by atoms with Gasteiger partial charge in [-0.15, -0.1) is 24.0 Å². The fourth-order valence-electron chi connectivity index (χ4n) is 3.60. The molecule has 1 saturated heterocycles. The standard InChI is InChI=1S/C21H32FN3O2.HI/c1-23-20(24-11-4-12-27-15-17-7-13-26-14-8-17)25-16-21(9-10-21)18-5-2-3-6-19(18)22;/h2-3,5-6,17H,4,7-16H2,1H3,(H2,23,24,25);1H. The molecule has 28 heavy (non-hydrogen) atoms. The minimum atomic E-state index is -0.110. The summed E-state index contributed by atoms with van der Waals surface area (Å²) >= 11 is 0. The molecule has 158 valence electrons. The van der Waals surface area contributed by atoms with Crippen molar-refractivity contribution < 1.29 is 13.9 Å². The van der Waals surface area contributed by atoms with Gasteiger partial charge in [-0.3, -0.25) is 4.99 Å². The van der Waals surface area contributed by atoms with Crippen molar-refractivity contribution >= 4 is 29.9 Å². The fourth-order valence-corrected chi connectivity index (χ4v) is 3.60. The third kappa shape index (κ3) is 6.84. The largest absolute Gasteiger partial charge is 0.381 e. The Kier molecular flexibility index (Phi) is 9.94. The molecule has 0 amide bonds. The van der Waals surface area contributed by atoms with Gasteiger partial charge in [0.05, 0.1) is 0 Å². The summed E-state index contributed by atoms with van der Waals surface area (Å²) in [6, 6.07) is 7.09. The van der Waals surface area contributed by atoms with Crippen molar-refractivity contribution in [1.29, 1.82) is 0 Å². The van der Waals surface area contributed by atoms with E-state index < -0.39 is 0 Å². The Bertz CT molecular complexity index is 619. The SMILES string of the molecule is CN=C(NCCCOCC1CCOCC1)NCC1(c2ccccc2F)CC1.I. The molecule has 0 aromatic heterocycles. The molecule has 0 bridgehead atoms. The Morgan fingerprint density at radius 2 is 2.00 bits per heavy atom. The first kappa shape index (κ1) is 23.3. The first-order chi connectivity index (χ1) is 13.2. The Morgan fingerprint density at radius 1 is 1.25 bits per heavy atom. The number of hydrogen-bond donors (Lipinski definition) is 2. The monoisotopic (exact) mass is 505 g/mol. The van der Waals surface area contributed by atoms with Crippen molar-refractivity contribution in [3.63, 3.8) is 0 Å². The second kappa shape index (κ2) is 11.9. The topological polar surface area (TPSA) is 54.9 Å². The van der Waals surface area contributed by atoms with Crippen molar-refractivity contribution in [1.82, 2.24) is 10.6 Å². The van der Waals surface area contributed by atoms with E-state index in [4.69, 9.17) is 9.47 Å². The summed E-state index contributed by atoms with van der Waals surface area (Å²) in [6.07, 6.45) is 5.18. The van der Waals surface area contributed by atoms with E-state index in [0.717, 1.165) is 76.6 Å². The lowest BCUT2D eigenvalue weighted by Gasteiger charge is -2.22. The summed E-state index contributed by atoms with van der Waals surface area (Å²) in [6.45, 7) is 4.83. The van der Waals surface area contributed by atoms with Gasteiger partial charge in [-0.05, 0) is 49.7 Å². The van der Waals surface area contributed by atoms with Crippen molar-refractivity contribution in [3.8, 4) is 0 Å². The van der Waals surface area contributed by atoms with Gasteiger partial charge in [0.1, 0.15) is 5.82 Å². The molecular weight excluding hydrogens is 472 g/mol. The van der Waals surface area contributed by atoms with Crippen LogP contribution in [-0.4, -0.2) is 52.5 Å². The predicted molar refractivity (Wildman–Crippen MR) is 121 cm³/mol. The van der Waals surface area contributed by atoms with Gasteiger partial charge in [0, 0.05) is 52.0 Å². The highest BCUT2D eigenvalue weighted by atomic mass is 127. The first-order valence-electron chi connectivity index (χ1n) is 10.1. The lowest BCUT2D eigenvalue weighted by Crippen LogP contribution is -2.42. The fraction of sp³-hybridized carbons (Fsp3) is 0.667. The Labute approximate surface area is 184 Å². The van der Waals surface area contributed by atoms with Crippen LogP contribution < -0.4 is 10.6 Å². The number of ether oxygens (including phenoxy) is 2. The number of guanidine groups is 1. The normalized spacial score (nSPS) is 19.0. The van der Waals surface area contributed by atoms with Gasteiger partial charge in [0.2, 0.25) is 0 Å². The minimum absolute atomic E-state index is 0. The second-order valence-corrected chi connectivity index (χ2v) is 7.60. The lowest BCUT2D eigenvalue weighted by molar-refractivity contribution is 0.0203. The van der Waals surface area contributed by atoms with Crippen molar-refractivity contribution in [3.05, 3.63) is 35.6 Å². The quantitative estimate of drug-likeness (QED) is 0.234. The summed E-state index contributed by atoms with van der Waals surface area (Å²) in [5, 5.41) is 6.68. The van der Waals surface area contributed by atoms with E-state index in [9.17, 15) is 4.39 Å². The average molecular weight is 505 g/mol. The average Bonchev–Trinajstić information content (AvgIpc) is 3.49. The molecule has 1 aliphatic heterocycles. The number of rotatable bonds is 9. The third-order valence-corrected chi connectivity index (χ3v) is 5.57. The van der Waals surface area contributed by atoms with Crippen LogP contribution in [0.4, 0.5) is 4.39 Å². The lowest BCUT2D eigenvalue weighted by atomic mass is 9.95. The maximum Gasteiger partial charge on any atom is 0.191 e. The first-order valence-corrected chi connectivity index (χ1v) is 10.1. The summed E-state index contributed by atoms with van der Waals surface area (Å²) in [4.78, 5) is 4.27. The van der Waals surface area contributed by atoms with Crippen molar-refractivity contribution in [2.75, 3.05) is 46.6 Å². The molecule has 1 aliphatic carbocycles. The van der Waals surface area contributed by atoms with E-state index in [-0.39, 0.29) is 35.2 Å². The van der Waals surface area contributed by atoms with Crippen LogP contribution in [0.3, 0.4) is 0 Å². The van der Waals surface area contributed by atoms with Crippen molar-refractivity contribution in [2.24, 2.45) is 10.9 Å². The molecule has 3 rings (SSSR count). The van der Waals surface area contributed by atoms with Gasteiger partial charge >= 0.3 is 0 Å². The van der Waals surface area contributed by atoms with Crippen LogP contribution in [0.25, 0.3) is 0 Å². The Morgan fingerprint density at radius 3 is 2.68 bits per heavy atom. The molecule has 1 saturated carbocycles. The number of nitrogens with one attached hydrogen (secondary N) is 2. The van der Waals surface area contributed by atoms with E-state index >= 15 is 0 Å². The molecule has 2 aliphatic rings. The van der Waals surface area contributed by atoms with Gasteiger partial charge in [0.15, 0.2) is 5.96 Å². The zero-order valence-corrected chi connectivity index (χ0v) is 19.0. The minimum Gasteiger partial charge on any atom is -0.381 e. The predicted octanol–water partition coefficient (Wildman–Crippen LogP) is 3.47. The van der Waals surface area contributed by atoms with Crippen LogP contribution in [0.15, 0.2) is 29.3 Å². The summed E-state index contributed by atoms with van der Waals surface area (Å²) in [5.41, 5.74) is 0.727. The molecule has 0 unspecified atom stereocenters. The van der Waals surface area contributed by atoms with E-state index in [1.807, 2.05) is 12.1 Å². The zero-order chi connectivity index (χ0) is 19.0. The molecule has 7 heteroatoms. The highest BCUT2D eigenvalue weighted by molar-refractivity contribution is 14.0. The van der Waals surface area contributed by atoms with Crippen LogP contribution >= 0.6 is 24.0 Å². The molecule has 1 heterocycles. The van der Waals surface area contributed by atoms with E-state index in [0.29, 0.717) is 12.5 Å². The summed E-state index contributed by atoms with van der Waals surface area (Å²) in [7, 11) is 1.76. The zero-order valence-electron chi connectivity index (χ0n) is 16.7. The number of nitrogens with zero attached hydrogens (tertiary/aromatic N) is 1. The summed E-state index contributed by atoms with van der Waals surface area (Å²) < 4.78 is 25.2. The molecule has 1 aromatic carbocycles. The third-order valence-electron chi connectivity index (χ3n) is 5.57. The van der Waals surface area contributed by atoms with Gasteiger partial charge < -0.3 is 20.1 Å². The van der Waals surface area contributed by atoms with Gasteiger partial charge in [0.25, 0.3) is 0 Å². The van der Waals surface area contributed by atoms with Crippen molar-refractivity contribution in [2.45, 2.75) is 37.5 Å². The van der Waals surface area contributed by atoms with Gasteiger partial charge in [-0.2, -0.15) is 0 Å². The van der Waals surface area contributed by atoms with E-state index in [1.54, 1.807) is 19.2 Å². The second-order valence-electron chi connectivity index (χ2n) is 7.60. The number of aliphatic imine (C=N–C) groups is 1. The molecule has 0 atom stereocenters. The molecule has 0 spiro atoms. The molecule has 2 fully saturated rings. The van der Waals surface area contributed by atoms with Crippen LogP contribution in [0, 0.1) is 11.7 Å². The molecular formula is C21H33FIN3O2. The van der Waals surface area contributed by atoms with E-state index in [2.05, 4.69) is 15.6 Å².